The van der Waals surface area contributed by atoms with Crippen molar-refractivity contribution < 1.29 is 31.4 Å². The molecule has 0 amide bonds. The van der Waals surface area contributed by atoms with Crippen molar-refractivity contribution in [3.8, 4) is 5.69 Å². The molecule has 0 spiro atoms. The molecule has 0 aliphatic rings. The number of fused-ring (bicyclic) bond motifs is 1. The molecule has 2 aromatic carbocycles. The van der Waals surface area contributed by atoms with Crippen LogP contribution in [0.25, 0.3) is 16.7 Å². The Morgan fingerprint density at radius 2 is 1.44 bits per heavy atom. The lowest BCUT2D eigenvalue weighted by atomic mass is 9.92. The Bertz CT molecular complexity index is 1370. The lowest BCUT2D eigenvalue weighted by Gasteiger charge is -2.32. The zero-order valence-electron chi connectivity index (χ0n) is 17.1. The average Bonchev–Trinajstić information content (AvgIpc) is 2.78. The molecule has 0 fully saturated rings. The number of pyridine rings is 1. The molecule has 176 valence electrons. The number of aliphatic hydroxyl groups is 1. The van der Waals surface area contributed by atoms with Crippen LogP contribution in [-0.2, 0) is 12.0 Å². The van der Waals surface area contributed by atoms with E-state index in [0.717, 1.165) is 22.3 Å². The van der Waals surface area contributed by atoms with Crippen molar-refractivity contribution in [2.45, 2.75) is 24.4 Å². The lowest BCUT2D eigenvalue weighted by molar-refractivity contribution is -0.376. The van der Waals surface area contributed by atoms with Crippen LogP contribution in [0.5, 0.6) is 0 Å². The first-order chi connectivity index (χ1) is 15.9. The highest BCUT2D eigenvalue weighted by molar-refractivity contribution is 5.73. The SMILES string of the molecule is O=c1c2ncccc2nc(Cc2ccccc2)n1-c1ccc(C(O)(C(F)(F)F)C(F)(F)F)cc1. The van der Waals surface area contributed by atoms with E-state index >= 15 is 0 Å². The summed E-state index contributed by atoms with van der Waals surface area (Å²) in [4.78, 5) is 21.6. The fourth-order valence-corrected chi connectivity index (χ4v) is 3.57. The van der Waals surface area contributed by atoms with E-state index in [4.69, 9.17) is 0 Å². The van der Waals surface area contributed by atoms with Crippen LogP contribution >= 0.6 is 0 Å². The van der Waals surface area contributed by atoms with E-state index in [1.54, 1.807) is 42.5 Å². The Balaban J connectivity index is 1.89. The van der Waals surface area contributed by atoms with Crippen molar-refractivity contribution in [1.29, 1.82) is 0 Å². The maximum atomic E-state index is 13.2. The topological polar surface area (TPSA) is 68.0 Å². The molecule has 1 N–H and O–H groups in total. The molecular formula is C23H15F6N3O2. The van der Waals surface area contributed by atoms with E-state index in [0.29, 0.717) is 12.1 Å². The third kappa shape index (κ3) is 3.92. The monoisotopic (exact) mass is 479 g/mol. The maximum Gasteiger partial charge on any atom is 0.430 e. The predicted octanol–water partition coefficient (Wildman–Crippen LogP) is 4.68. The molecule has 4 rings (SSSR count). The van der Waals surface area contributed by atoms with E-state index in [1.807, 2.05) is 0 Å². The van der Waals surface area contributed by atoms with Gasteiger partial charge in [-0.15, -0.1) is 0 Å². The Kier molecular flexibility index (Phi) is 5.68. The van der Waals surface area contributed by atoms with Crippen molar-refractivity contribution in [3.05, 3.63) is 100 Å². The fraction of sp³-hybridized carbons (Fsp3) is 0.174. The Morgan fingerprint density at radius 3 is 2.03 bits per heavy atom. The zero-order valence-corrected chi connectivity index (χ0v) is 17.1. The summed E-state index contributed by atoms with van der Waals surface area (Å²) in [6.07, 6.45) is -10.5. The number of hydrogen-bond donors (Lipinski definition) is 1. The van der Waals surface area contributed by atoms with Crippen molar-refractivity contribution in [3.63, 3.8) is 0 Å². The van der Waals surface area contributed by atoms with E-state index in [2.05, 4.69) is 9.97 Å². The Hall–Kier alpha value is -3.73. The summed E-state index contributed by atoms with van der Waals surface area (Å²) in [5.41, 5.74) is -6.15. The molecule has 0 atom stereocenters. The highest BCUT2D eigenvalue weighted by Crippen LogP contribution is 2.50. The number of hydrogen-bond acceptors (Lipinski definition) is 4. The summed E-state index contributed by atoms with van der Waals surface area (Å²) in [5.74, 6) is 0.200. The van der Waals surface area contributed by atoms with Gasteiger partial charge in [-0.1, -0.05) is 42.5 Å². The molecular weight excluding hydrogens is 464 g/mol. The van der Waals surface area contributed by atoms with Gasteiger partial charge in [-0.05, 0) is 29.8 Å². The Labute approximate surface area is 188 Å². The second-order valence-corrected chi connectivity index (χ2v) is 7.45. The van der Waals surface area contributed by atoms with Crippen LogP contribution in [0.3, 0.4) is 0 Å². The van der Waals surface area contributed by atoms with Gasteiger partial charge in [0.15, 0.2) is 5.52 Å². The van der Waals surface area contributed by atoms with Gasteiger partial charge >= 0.3 is 12.4 Å². The largest absolute Gasteiger partial charge is 0.430 e. The van der Waals surface area contributed by atoms with Crippen LogP contribution < -0.4 is 5.56 Å². The first-order valence-corrected chi connectivity index (χ1v) is 9.81. The third-order valence-electron chi connectivity index (χ3n) is 5.27. The molecule has 0 saturated carbocycles. The number of halogens is 6. The Morgan fingerprint density at radius 1 is 0.824 bits per heavy atom. The zero-order chi connectivity index (χ0) is 24.7. The molecule has 5 nitrogen and oxygen atoms in total. The molecule has 0 radical (unpaired) electrons. The summed E-state index contributed by atoms with van der Waals surface area (Å²) in [6.45, 7) is 0. The number of alkyl halides is 6. The molecule has 0 aliphatic heterocycles. The minimum Gasteiger partial charge on any atom is -0.369 e. The summed E-state index contributed by atoms with van der Waals surface area (Å²) in [6, 6.07) is 14.8. The summed E-state index contributed by atoms with van der Waals surface area (Å²) in [7, 11) is 0. The van der Waals surface area contributed by atoms with E-state index in [1.165, 1.54) is 6.20 Å². The van der Waals surface area contributed by atoms with Gasteiger partial charge in [0.1, 0.15) is 5.82 Å². The van der Waals surface area contributed by atoms with Gasteiger partial charge in [-0.2, -0.15) is 26.3 Å². The lowest BCUT2D eigenvalue weighted by Crippen LogP contribution is -2.53. The minimum atomic E-state index is -6.02. The van der Waals surface area contributed by atoms with Crippen LogP contribution in [-0.4, -0.2) is 32.0 Å². The van der Waals surface area contributed by atoms with E-state index in [9.17, 15) is 36.2 Å². The van der Waals surface area contributed by atoms with Gasteiger partial charge < -0.3 is 5.11 Å². The standard InChI is InChI=1S/C23H15F6N3O2/c24-22(25,26)21(34,23(27,28)29)15-8-10-16(11-9-15)32-18(13-14-5-2-1-3-6-14)31-17-7-4-12-30-19(17)20(32)33/h1-12,34H,13H2. The smallest absolute Gasteiger partial charge is 0.369 e. The van der Waals surface area contributed by atoms with Crippen LogP contribution in [0, 0.1) is 0 Å². The van der Waals surface area contributed by atoms with Crippen LogP contribution in [0.4, 0.5) is 26.3 Å². The van der Waals surface area contributed by atoms with Crippen molar-refractivity contribution in [2.24, 2.45) is 0 Å². The number of nitrogens with zero attached hydrogens (tertiary/aromatic N) is 3. The number of aromatic nitrogens is 3. The molecule has 11 heteroatoms. The maximum absolute atomic E-state index is 13.2. The molecule has 2 heterocycles. The summed E-state index contributed by atoms with van der Waals surface area (Å²) in [5, 5.41) is 9.62. The van der Waals surface area contributed by atoms with Gasteiger partial charge in [0.05, 0.1) is 11.2 Å². The van der Waals surface area contributed by atoms with Crippen LogP contribution in [0.15, 0.2) is 77.7 Å². The van der Waals surface area contributed by atoms with Gasteiger partial charge in [-0.25, -0.2) is 9.97 Å². The molecule has 0 saturated heterocycles. The molecule has 0 bridgehead atoms. The first-order valence-electron chi connectivity index (χ1n) is 9.81. The van der Waals surface area contributed by atoms with Crippen LogP contribution in [0.2, 0.25) is 0 Å². The van der Waals surface area contributed by atoms with Crippen molar-refractivity contribution in [2.75, 3.05) is 0 Å². The average molecular weight is 479 g/mol. The van der Waals surface area contributed by atoms with Gasteiger partial charge in [-0.3, -0.25) is 9.36 Å². The van der Waals surface area contributed by atoms with Crippen LogP contribution in [0.1, 0.15) is 17.0 Å². The molecule has 2 aromatic heterocycles. The molecule has 0 unspecified atom stereocenters. The molecule has 4 aromatic rings. The predicted molar refractivity (Wildman–Crippen MR) is 110 cm³/mol. The number of benzene rings is 2. The van der Waals surface area contributed by atoms with Gasteiger partial charge in [0.2, 0.25) is 0 Å². The highest BCUT2D eigenvalue weighted by atomic mass is 19.4. The normalized spacial score (nSPS) is 12.8. The van der Waals surface area contributed by atoms with Crippen molar-refractivity contribution in [1.82, 2.24) is 14.5 Å². The summed E-state index contributed by atoms with van der Waals surface area (Å²) >= 11 is 0. The molecule has 34 heavy (non-hydrogen) atoms. The second kappa shape index (κ2) is 8.24. The quantitative estimate of drug-likeness (QED) is 0.432. The van der Waals surface area contributed by atoms with Crippen molar-refractivity contribution >= 4 is 11.0 Å². The molecule has 0 aliphatic carbocycles. The van der Waals surface area contributed by atoms with E-state index < -0.39 is 29.1 Å². The minimum absolute atomic E-state index is 0.0227. The van der Waals surface area contributed by atoms with Gasteiger partial charge in [0.25, 0.3) is 11.2 Å². The number of rotatable bonds is 4. The fourth-order valence-electron chi connectivity index (χ4n) is 3.57. The third-order valence-corrected chi connectivity index (χ3v) is 5.27. The summed E-state index contributed by atoms with van der Waals surface area (Å²) < 4.78 is 80.3. The highest BCUT2D eigenvalue weighted by Gasteiger charge is 2.71. The van der Waals surface area contributed by atoms with E-state index in [-0.39, 0.29) is 29.0 Å². The second-order valence-electron chi connectivity index (χ2n) is 7.45. The van der Waals surface area contributed by atoms with Gasteiger partial charge in [0, 0.05) is 18.2 Å². The first kappa shape index (κ1) is 23.4.